The average molecular weight is 128 g/mol. The highest BCUT2D eigenvalue weighted by molar-refractivity contribution is 5.74. The van der Waals surface area contributed by atoms with E-state index in [1.165, 1.54) is 0 Å². The van der Waals surface area contributed by atoms with E-state index in [9.17, 15) is 4.79 Å². The molecule has 0 saturated heterocycles. The van der Waals surface area contributed by atoms with Crippen LogP contribution in [-0.4, -0.2) is 19.2 Å². The van der Waals surface area contributed by atoms with E-state index in [1.807, 2.05) is 0 Å². The molecule has 2 N–H and O–H groups in total. The maximum Gasteiger partial charge on any atom is 0.217 e. The lowest BCUT2D eigenvalue weighted by Crippen LogP contribution is -2.09. The average Bonchev–Trinajstić information content (AvgIpc) is 1.80. The lowest BCUT2D eigenvalue weighted by atomic mass is 10.2. The third-order valence-electron chi connectivity index (χ3n) is 0.939. The van der Waals surface area contributed by atoms with Crippen LogP contribution in [0.2, 0.25) is 0 Å². The molecule has 1 amide bonds. The highest BCUT2D eigenvalue weighted by Gasteiger charge is 1.90. The molecule has 0 heterocycles. The lowest BCUT2D eigenvalue weighted by molar-refractivity contribution is -0.118. The Morgan fingerprint density at radius 2 is 2.44 bits per heavy atom. The minimum atomic E-state index is -0.237. The van der Waals surface area contributed by atoms with Crippen LogP contribution in [0.15, 0.2) is 4.99 Å². The van der Waals surface area contributed by atoms with Crippen LogP contribution in [0.4, 0.5) is 0 Å². The number of hydrogen-bond donors (Lipinski definition) is 1. The number of nitrogens with zero attached hydrogens (tertiary/aromatic N) is 1. The zero-order chi connectivity index (χ0) is 7.11. The Labute approximate surface area is 55.0 Å². The Balaban J connectivity index is 3.01. The Morgan fingerprint density at radius 1 is 1.78 bits per heavy atom. The van der Waals surface area contributed by atoms with Crippen LogP contribution in [0.3, 0.4) is 0 Å². The fourth-order valence-electron chi connectivity index (χ4n) is 0.497. The highest BCUT2D eigenvalue weighted by Crippen LogP contribution is 1.89. The fraction of sp³-hybridized carbons (Fsp3) is 0.667. The first kappa shape index (κ1) is 8.14. The molecule has 0 aromatic heterocycles. The molecule has 0 bridgehead atoms. The largest absolute Gasteiger partial charge is 0.370 e. The van der Waals surface area contributed by atoms with E-state index in [1.54, 1.807) is 13.3 Å². The summed E-state index contributed by atoms with van der Waals surface area (Å²) in [5.41, 5.74) is 4.89. The SMILES string of the molecule is CN=CCCCC(N)=O. The summed E-state index contributed by atoms with van der Waals surface area (Å²) < 4.78 is 0. The van der Waals surface area contributed by atoms with Crippen molar-refractivity contribution in [1.29, 1.82) is 0 Å². The van der Waals surface area contributed by atoms with Crippen LogP contribution < -0.4 is 5.73 Å². The maximum atomic E-state index is 10.1. The number of aliphatic imine (C=N–C) groups is 1. The first-order valence-electron chi connectivity index (χ1n) is 2.96. The summed E-state index contributed by atoms with van der Waals surface area (Å²) in [5, 5.41) is 0. The number of hydrogen-bond acceptors (Lipinski definition) is 2. The van der Waals surface area contributed by atoms with Crippen LogP contribution in [-0.2, 0) is 4.79 Å². The third-order valence-corrected chi connectivity index (χ3v) is 0.939. The maximum absolute atomic E-state index is 10.1. The number of amides is 1. The van der Waals surface area contributed by atoms with Crippen molar-refractivity contribution >= 4 is 12.1 Å². The molecular formula is C6H12N2O. The van der Waals surface area contributed by atoms with Crippen LogP contribution in [0, 0.1) is 0 Å². The first-order chi connectivity index (χ1) is 4.27. The second-order valence-electron chi connectivity index (χ2n) is 1.80. The molecule has 0 spiro atoms. The minimum absolute atomic E-state index is 0.237. The number of carbonyl (C=O) groups is 1. The van der Waals surface area contributed by atoms with Gasteiger partial charge < -0.3 is 10.7 Å². The van der Waals surface area contributed by atoms with Crippen LogP contribution in [0.1, 0.15) is 19.3 Å². The van der Waals surface area contributed by atoms with Gasteiger partial charge in [0.2, 0.25) is 5.91 Å². The second kappa shape index (κ2) is 5.28. The van der Waals surface area contributed by atoms with Gasteiger partial charge in [-0.25, -0.2) is 0 Å². The minimum Gasteiger partial charge on any atom is -0.370 e. The standard InChI is InChI=1S/C6H12N2O/c1-8-5-3-2-4-6(7)9/h5H,2-4H2,1H3,(H2,7,9). The van der Waals surface area contributed by atoms with E-state index in [0.29, 0.717) is 6.42 Å². The zero-order valence-corrected chi connectivity index (χ0v) is 5.63. The molecule has 3 heteroatoms. The van der Waals surface area contributed by atoms with E-state index in [4.69, 9.17) is 5.73 Å². The van der Waals surface area contributed by atoms with Crippen molar-refractivity contribution in [3.63, 3.8) is 0 Å². The molecule has 0 aliphatic carbocycles. The van der Waals surface area contributed by atoms with Crippen LogP contribution in [0.25, 0.3) is 0 Å². The molecule has 0 fully saturated rings. The van der Waals surface area contributed by atoms with Gasteiger partial charge in [0.1, 0.15) is 0 Å². The van der Waals surface area contributed by atoms with E-state index in [-0.39, 0.29) is 5.91 Å². The predicted molar refractivity (Wildman–Crippen MR) is 37.5 cm³/mol. The van der Waals surface area contributed by atoms with Gasteiger partial charge in [0, 0.05) is 13.5 Å². The molecule has 0 radical (unpaired) electrons. The van der Waals surface area contributed by atoms with Gasteiger partial charge in [0.15, 0.2) is 0 Å². The molecule has 0 aliphatic rings. The number of unbranched alkanes of at least 4 members (excludes halogenated alkanes) is 1. The summed E-state index contributed by atoms with van der Waals surface area (Å²) in [5.74, 6) is -0.237. The molecular weight excluding hydrogens is 116 g/mol. The zero-order valence-electron chi connectivity index (χ0n) is 5.63. The van der Waals surface area contributed by atoms with Gasteiger partial charge in [0.25, 0.3) is 0 Å². The lowest BCUT2D eigenvalue weighted by Gasteiger charge is -1.88. The van der Waals surface area contributed by atoms with Gasteiger partial charge in [-0.05, 0) is 19.1 Å². The number of nitrogens with two attached hydrogens (primary N) is 1. The third kappa shape index (κ3) is 7.14. The van der Waals surface area contributed by atoms with Crippen molar-refractivity contribution in [1.82, 2.24) is 0 Å². The smallest absolute Gasteiger partial charge is 0.217 e. The van der Waals surface area contributed by atoms with E-state index in [2.05, 4.69) is 4.99 Å². The number of primary amides is 1. The van der Waals surface area contributed by atoms with Crippen molar-refractivity contribution in [2.75, 3.05) is 7.05 Å². The van der Waals surface area contributed by atoms with Gasteiger partial charge in [-0.2, -0.15) is 0 Å². The monoisotopic (exact) mass is 128 g/mol. The van der Waals surface area contributed by atoms with Gasteiger partial charge in [0.05, 0.1) is 0 Å². The summed E-state index contributed by atoms with van der Waals surface area (Å²) >= 11 is 0. The first-order valence-corrected chi connectivity index (χ1v) is 2.96. The molecule has 0 unspecified atom stereocenters. The van der Waals surface area contributed by atoms with Gasteiger partial charge in [-0.3, -0.25) is 4.79 Å². The molecule has 0 aromatic carbocycles. The summed E-state index contributed by atoms with van der Waals surface area (Å²) in [6.45, 7) is 0. The van der Waals surface area contributed by atoms with Gasteiger partial charge in [-0.1, -0.05) is 0 Å². The fourth-order valence-corrected chi connectivity index (χ4v) is 0.497. The van der Waals surface area contributed by atoms with Crippen molar-refractivity contribution in [3.8, 4) is 0 Å². The summed E-state index contributed by atoms with van der Waals surface area (Å²) in [7, 11) is 1.71. The number of rotatable bonds is 4. The second-order valence-corrected chi connectivity index (χ2v) is 1.80. The Morgan fingerprint density at radius 3 is 2.89 bits per heavy atom. The molecule has 9 heavy (non-hydrogen) atoms. The van der Waals surface area contributed by atoms with Crippen LogP contribution in [0.5, 0.6) is 0 Å². The topological polar surface area (TPSA) is 55.4 Å². The van der Waals surface area contributed by atoms with Crippen molar-refractivity contribution in [3.05, 3.63) is 0 Å². The van der Waals surface area contributed by atoms with Crippen LogP contribution >= 0.6 is 0 Å². The Kier molecular flexibility index (Phi) is 4.78. The highest BCUT2D eigenvalue weighted by atomic mass is 16.1. The predicted octanol–water partition coefficient (Wildman–Crippen LogP) is 0.343. The van der Waals surface area contributed by atoms with E-state index in [0.717, 1.165) is 12.8 Å². The summed E-state index contributed by atoms with van der Waals surface area (Å²) in [6, 6.07) is 0. The molecule has 0 rings (SSSR count). The van der Waals surface area contributed by atoms with Gasteiger partial charge in [-0.15, -0.1) is 0 Å². The van der Waals surface area contributed by atoms with Crippen molar-refractivity contribution < 1.29 is 4.79 Å². The summed E-state index contributed by atoms with van der Waals surface area (Å²) in [4.78, 5) is 13.9. The van der Waals surface area contributed by atoms with E-state index >= 15 is 0 Å². The molecule has 0 aliphatic heterocycles. The van der Waals surface area contributed by atoms with Gasteiger partial charge >= 0.3 is 0 Å². The van der Waals surface area contributed by atoms with E-state index < -0.39 is 0 Å². The van der Waals surface area contributed by atoms with Crippen molar-refractivity contribution in [2.24, 2.45) is 10.7 Å². The number of carbonyl (C=O) groups excluding carboxylic acids is 1. The molecule has 0 saturated carbocycles. The molecule has 3 nitrogen and oxygen atoms in total. The quantitative estimate of drug-likeness (QED) is 0.431. The van der Waals surface area contributed by atoms with Crippen molar-refractivity contribution in [2.45, 2.75) is 19.3 Å². The molecule has 0 atom stereocenters. The molecule has 52 valence electrons. The molecule has 0 aromatic rings. The summed E-state index contributed by atoms with van der Waals surface area (Å²) in [6.07, 6.45) is 3.90. The normalized spacial score (nSPS) is 10.3. The Hall–Kier alpha value is -0.860. The Bertz CT molecular complexity index is 110.